The van der Waals surface area contributed by atoms with Crippen LogP contribution in [0.5, 0.6) is 0 Å². The summed E-state index contributed by atoms with van der Waals surface area (Å²) in [5.74, 6) is -3.48. The van der Waals surface area contributed by atoms with Crippen molar-refractivity contribution in [1.82, 2.24) is 10.4 Å². The van der Waals surface area contributed by atoms with E-state index in [-0.39, 0.29) is 16.5 Å². The number of thiazole rings is 1. The lowest BCUT2D eigenvalue weighted by Gasteiger charge is -2.09. The van der Waals surface area contributed by atoms with E-state index in [9.17, 15) is 22.4 Å². The number of halogens is 1. The molecule has 0 aliphatic rings. The highest BCUT2D eigenvalue weighted by molar-refractivity contribution is 7.93. The quantitative estimate of drug-likeness (QED) is 0.229. The van der Waals surface area contributed by atoms with E-state index in [1.54, 1.807) is 0 Å². The molecule has 1 amide bonds. The number of aromatic carboxylic acids is 1. The number of carboxylic acids is 1. The lowest BCUT2D eigenvalue weighted by molar-refractivity contribution is -0.120. The van der Waals surface area contributed by atoms with E-state index >= 15 is 0 Å². The molecule has 0 fully saturated rings. The molecule has 0 aliphatic carbocycles. The Kier molecular flexibility index (Phi) is 5.91. The highest BCUT2D eigenvalue weighted by Crippen LogP contribution is 2.25. The van der Waals surface area contributed by atoms with Gasteiger partial charge < -0.3 is 16.6 Å². The number of nitrogens with zero attached hydrogens (tertiary/aromatic N) is 2. The second-order valence-electron chi connectivity index (χ2n) is 4.94. The molecule has 2 rings (SSSR count). The molecule has 27 heavy (non-hydrogen) atoms. The number of rotatable bonds is 7. The molecule has 1 heterocycles. The summed E-state index contributed by atoms with van der Waals surface area (Å²) in [6.07, 6.45) is -0.436. The van der Waals surface area contributed by atoms with Crippen molar-refractivity contribution >= 4 is 44.2 Å². The Morgan fingerprint density at radius 3 is 2.63 bits per heavy atom. The van der Waals surface area contributed by atoms with Crippen LogP contribution in [0, 0.1) is 5.82 Å². The minimum absolute atomic E-state index is 0.0961. The number of hydrogen-bond acceptors (Lipinski definition) is 7. The topological polar surface area (TPSA) is 190 Å². The molecule has 144 valence electrons. The molecule has 0 atom stereocenters. The first-order valence-corrected chi connectivity index (χ1v) is 9.32. The fourth-order valence-electron chi connectivity index (χ4n) is 1.83. The Labute approximate surface area is 155 Å². The van der Waals surface area contributed by atoms with Gasteiger partial charge in [-0.3, -0.25) is 9.52 Å². The molecule has 7 N–H and O–H groups in total. The maximum absolute atomic E-state index is 14.2. The van der Waals surface area contributed by atoms with Gasteiger partial charge in [0.2, 0.25) is 11.9 Å². The van der Waals surface area contributed by atoms with Crippen LogP contribution in [0.1, 0.15) is 16.1 Å². The van der Waals surface area contributed by atoms with E-state index in [0.717, 1.165) is 29.0 Å². The van der Waals surface area contributed by atoms with Crippen molar-refractivity contribution in [2.45, 2.75) is 11.3 Å². The molecule has 0 unspecified atom stereocenters. The number of hydrogen-bond donors (Lipinski definition) is 5. The summed E-state index contributed by atoms with van der Waals surface area (Å²) in [6.45, 7) is 0. The number of carbonyl (C=O) groups excluding carboxylic acids is 1. The number of guanidine groups is 1. The Hall–Kier alpha value is -3.26. The van der Waals surface area contributed by atoms with Crippen molar-refractivity contribution in [3.05, 3.63) is 40.8 Å². The number of nitrogens with one attached hydrogen (secondary N) is 2. The molecule has 0 saturated heterocycles. The first-order chi connectivity index (χ1) is 12.6. The first kappa shape index (κ1) is 20.1. The van der Waals surface area contributed by atoms with Crippen molar-refractivity contribution in [2.24, 2.45) is 16.6 Å². The van der Waals surface area contributed by atoms with Gasteiger partial charge in [-0.1, -0.05) is 6.07 Å². The van der Waals surface area contributed by atoms with Crippen LogP contribution >= 0.6 is 11.3 Å². The summed E-state index contributed by atoms with van der Waals surface area (Å²) in [5, 5.41) is 12.0. The molecule has 1 aromatic heterocycles. The molecule has 1 aromatic carbocycles. The summed E-state index contributed by atoms with van der Waals surface area (Å²) in [5.41, 5.74) is 12.7. The Bertz CT molecular complexity index is 1020. The molecule has 0 bridgehead atoms. The van der Waals surface area contributed by atoms with Gasteiger partial charge in [-0.05, 0) is 17.7 Å². The van der Waals surface area contributed by atoms with Crippen molar-refractivity contribution in [1.29, 1.82) is 0 Å². The van der Waals surface area contributed by atoms with Crippen molar-refractivity contribution < 1.29 is 27.5 Å². The molecule has 2 aromatic rings. The fourth-order valence-corrected chi connectivity index (χ4v) is 3.83. The van der Waals surface area contributed by atoms with Gasteiger partial charge in [-0.2, -0.15) is 0 Å². The summed E-state index contributed by atoms with van der Waals surface area (Å²) < 4.78 is 40.8. The number of carboxylic acid groups (broad SMARTS) is 1. The Morgan fingerprint density at radius 2 is 2.04 bits per heavy atom. The van der Waals surface area contributed by atoms with Crippen LogP contribution in [-0.4, -0.2) is 36.3 Å². The van der Waals surface area contributed by atoms with Crippen molar-refractivity contribution in [3.63, 3.8) is 0 Å². The Balaban J connectivity index is 2.20. The number of aromatic nitrogens is 1. The number of sulfonamides is 1. The van der Waals surface area contributed by atoms with Gasteiger partial charge >= 0.3 is 5.97 Å². The summed E-state index contributed by atoms with van der Waals surface area (Å²) in [4.78, 5) is 25.6. The molecule has 0 saturated carbocycles. The maximum Gasteiger partial charge on any atom is 0.357 e. The van der Waals surface area contributed by atoms with E-state index in [4.69, 9.17) is 16.6 Å². The zero-order valence-corrected chi connectivity index (χ0v) is 15.0. The molecule has 14 heteroatoms. The van der Waals surface area contributed by atoms with Gasteiger partial charge in [0.25, 0.3) is 10.0 Å². The van der Waals surface area contributed by atoms with Gasteiger partial charge in [0.15, 0.2) is 5.69 Å². The number of benzene rings is 1. The maximum atomic E-state index is 14.2. The molecular weight excluding hydrogens is 403 g/mol. The standard InChI is InChI=1S/C13H13FN6O5S2/c14-8-4-7(2-1-6(8)3-9(21)18-19-13(15)16)27(24,25)20-11-10(12(22)23)17-5-26-11/h1-2,4-5,20H,3H2,(H,18,21)(H,22,23)(H4,15,16,19). The number of anilines is 1. The lowest BCUT2D eigenvalue weighted by atomic mass is 10.1. The van der Waals surface area contributed by atoms with Gasteiger partial charge in [-0.15, -0.1) is 16.4 Å². The predicted molar refractivity (Wildman–Crippen MR) is 93.9 cm³/mol. The van der Waals surface area contributed by atoms with E-state index in [1.165, 1.54) is 0 Å². The van der Waals surface area contributed by atoms with E-state index in [2.05, 4.69) is 10.1 Å². The van der Waals surface area contributed by atoms with Crippen LogP contribution in [0.25, 0.3) is 0 Å². The third-order valence-corrected chi connectivity index (χ3v) is 5.21. The third-order valence-electron chi connectivity index (χ3n) is 2.99. The zero-order valence-electron chi connectivity index (χ0n) is 13.3. The second kappa shape index (κ2) is 7.96. The van der Waals surface area contributed by atoms with Crippen LogP contribution in [0.4, 0.5) is 9.39 Å². The van der Waals surface area contributed by atoms with Crippen LogP contribution in [0.15, 0.2) is 33.7 Å². The minimum atomic E-state index is -4.27. The van der Waals surface area contributed by atoms with E-state index < -0.39 is 44.7 Å². The average Bonchev–Trinajstić information content (AvgIpc) is 3.02. The summed E-state index contributed by atoms with van der Waals surface area (Å²) in [7, 11) is -4.27. The monoisotopic (exact) mass is 416 g/mol. The molecule has 11 nitrogen and oxygen atoms in total. The van der Waals surface area contributed by atoms with Crippen molar-refractivity contribution in [2.75, 3.05) is 4.72 Å². The van der Waals surface area contributed by atoms with Crippen LogP contribution < -0.4 is 21.6 Å². The molecular formula is C13H13FN6O5S2. The van der Waals surface area contributed by atoms with Gasteiger partial charge in [-0.25, -0.2) is 28.0 Å². The highest BCUT2D eigenvalue weighted by Gasteiger charge is 2.22. The van der Waals surface area contributed by atoms with Crippen LogP contribution in [0.2, 0.25) is 0 Å². The smallest absolute Gasteiger partial charge is 0.357 e. The van der Waals surface area contributed by atoms with Gasteiger partial charge in [0.05, 0.1) is 16.8 Å². The van der Waals surface area contributed by atoms with E-state index in [1.807, 2.05) is 10.1 Å². The Morgan fingerprint density at radius 1 is 1.33 bits per heavy atom. The molecule has 0 radical (unpaired) electrons. The fraction of sp³-hybridized carbons (Fsp3) is 0.0769. The summed E-state index contributed by atoms with van der Waals surface area (Å²) >= 11 is 0.761. The number of nitrogens with two attached hydrogens (primary N) is 2. The van der Waals surface area contributed by atoms with Crippen LogP contribution in [0.3, 0.4) is 0 Å². The zero-order chi connectivity index (χ0) is 20.2. The summed E-state index contributed by atoms with van der Waals surface area (Å²) in [6, 6.07) is 2.87. The second-order valence-corrected chi connectivity index (χ2v) is 7.48. The molecule has 0 spiro atoms. The van der Waals surface area contributed by atoms with E-state index in [0.29, 0.717) is 6.07 Å². The van der Waals surface area contributed by atoms with Gasteiger partial charge in [0, 0.05) is 0 Å². The lowest BCUT2D eigenvalue weighted by Crippen LogP contribution is -2.29. The highest BCUT2D eigenvalue weighted by atomic mass is 32.2. The van der Waals surface area contributed by atoms with Gasteiger partial charge in [0.1, 0.15) is 10.8 Å². The van der Waals surface area contributed by atoms with Crippen molar-refractivity contribution in [3.8, 4) is 0 Å². The predicted octanol–water partition coefficient (Wildman–Crippen LogP) is -0.372. The SMILES string of the molecule is NC(N)=NNC(=O)Cc1ccc(S(=O)(=O)Nc2scnc2C(=O)O)cc1F. The third kappa shape index (κ3) is 5.11. The number of amides is 1. The first-order valence-electron chi connectivity index (χ1n) is 6.95. The number of hydrazone groups is 1. The minimum Gasteiger partial charge on any atom is -0.476 e. The average molecular weight is 416 g/mol. The molecule has 0 aliphatic heterocycles. The largest absolute Gasteiger partial charge is 0.476 e. The number of carbonyl (C=O) groups is 2. The van der Waals surface area contributed by atoms with Crippen LogP contribution in [-0.2, 0) is 21.2 Å². The normalized spacial score (nSPS) is 10.9.